The van der Waals surface area contributed by atoms with E-state index in [0.29, 0.717) is 33.0 Å². The summed E-state index contributed by atoms with van der Waals surface area (Å²) >= 11 is 0. The van der Waals surface area contributed by atoms with Crippen molar-refractivity contribution < 1.29 is 19.2 Å². The summed E-state index contributed by atoms with van der Waals surface area (Å²) in [4.78, 5) is 56.7. The highest BCUT2D eigenvalue weighted by molar-refractivity contribution is 6.41. The second-order valence-electron chi connectivity index (χ2n) is 12.6. The Balaban J connectivity index is 1.39. The molecular formula is C38H39N3O4. The Hall–Kier alpha value is -4.36. The molecule has 0 radical (unpaired) electrons. The molecule has 45 heavy (non-hydrogen) atoms. The summed E-state index contributed by atoms with van der Waals surface area (Å²) in [5.41, 5.74) is 4.80. The number of unbranched alkanes of at least 4 members (excludes halogenated alkanes) is 6. The standard InChI is InChI=1S/C38H39N3O4/c1-4-6-8-10-12-22(13-11-9-7-5-2)40-35(42)27-18-14-23-25-16-20-29-34-30(38(45)41(39-3)37(29)44)21-17-26(32(25)34)24-15-19-28(36(40)43)33(27)31(23)24/h14-22,39H,4-13H2,1-3H3. The van der Waals surface area contributed by atoms with Crippen molar-refractivity contribution in [3.05, 3.63) is 70.8 Å². The molecule has 0 spiro atoms. The van der Waals surface area contributed by atoms with Gasteiger partial charge in [-0.3, -0.25) is 24.1 Å². The molecule has 0 atom stereocenters. The van der Waals surface area contributed by atoms with Gasteiger partial charge < -0.3 is 0 Å². The van der Waals surface area contributed by atoms with Gasteiger partial charge in [-0.1, -0.05) is 89.5 Å². The Bertz CT molecular complexity index is 1900. The Labute approximate surface area is 262 Å². The molecule has 0 saturated heterocycles. The molecule has 2 aliphatic heterocycles. The lowest BCUT2D eigenvalue weighted by Crippen LogP contribution is -2.47. The van der Waals surface area contributed by atoms with Crippen molar-refractivity contribution in [3.8, 4) is 0 Å². The zero-order valence-corrected chi connectivity index (χ0v) is 26.3. The number of hydrogen-bond acceptors (Lipinski definition) is 5. The minimum atomic E-state index is -0.384. The Morgan fingerprint density at radius 3 is 1.24 bits per heavy atom. The molecule has 7 rings (SSSR count). The molecule has 2 aliphatic rings. The van der Waals surface area contributed by atoms with Gasteiger partial charge in [-0.05, 0) is 69.4 Å². The average molecular weight is 602 g/mol. The van der Waals surface area contributed by atoms with Crippen LogP contribution in [-0.4, -0.2) is 46.6 Å². The van der Waals surface area contributed by atoms with Crippen molar-refractivity contribution in [2.45, 2.75) is 84.1 Å². The van der Waals surface area contributed by atoms with E-state index in [9.17, 15) is 19.2 Å². The summed E-state index contributed by atoms with van der Waals surface area (Å²) in [5, 5.41) is 7.75. The Morgan fingerprint density at radius 2 is 0.889 bits per heavy atom. The summed E-state index contributed by atoms with van der Waals surface area (Å²) in [6.07, 6.45) is 10.5. The highest BCUT2D eigenvalue weighted by Gasteiger charge is 2.39. The van der Waals surface area contributed by atoms with E-state index in [-0.39, 0.29) is 29.7 Å². The smallest absolute Gasteiger partial charge is 0.271 e. The lowest BCUT2D eigenvalue weighted by molar-refractivity contribution is 0.0509. The van der Waals surface area contributed by atoms with Crippen molar-refractivity contribution in [3.63, 3.8) is 0 Å². The van der Waals surface area contributed by atoms with Crippen LogP contribution in [0, 0.1) is 0 Å². The van der Waals surface area contributed by atoms with Crippen molar-refractivity contribution in [2.75, 3.05) is 7.05 Å². The first kappa shape index (κ1) is 29.4. The molecule has 0 bridgehead atoms. The molecule has 5 aromatic rings. The topological polar surface area (TPSA) is 86.8 Å². The van der Waals surface area contributed by atoms with Gasteiger partial charge in [0.05, 0.1) is 11.1 Å². The van der Waals surface area contributed by atoms with Gasteiger partial charge >= 0.3 is 0 Å². The van der Waals surface area contributed by atoms with Crippen molar-refractivity contribution in [1.29, 1.82) is 0 Å². The van der Waals surface area contributed by atoms with Gasteiger partial charge in [0.1, 0.15) is 0 Å². The molecule has 0 aliphatic carbocycles. The van der Waals surface area contributed by atoms with Crippen LogP contribution in [0.15, 0.2) is 48.5 Å². The quantitative estimate of drug-likeness (QED) is 0.0672. The van der Waals surface area contributed by atoms with Gasteiger partial charge in [0.15, 0.2) is 0 Å². The van der Waals surface area contributed by atoms with E-state index in [2.05, 4.69) is 19.3 Å². The van der Waals surface area contributed by atoms with Crippen LogP contribution in [0.5, 0.6) is 0 Å². The third kappa shape index (κ3) is 4.35. The number of nitrogens with zero attached hydrogens (tertiary/aromatic N) is 2. The maximum atomic E-state index is 14.3. The second-order valence-corrected chi connectivity index (χ2v) is 12.6. The fourth-order valence-corrected chi connectivity index (χ4v) is 7.84. The Morgan fingerprint density at radius 1 is 0.511 bits per heavy atom. The third-order valence-electron chi connectivity index (χ3n) is 10.0. The summed E-state index contributed by atoms with van der Waals surface area (Å²) in [7, 11) is 1.56. The van der Waals surface area contributed by atoms with Gasteiger partial charge in [-0.2, -0.15) is 0 Å². The predicted molar refractivity (Wildman–Crippen MR) is 179 cm³/mol. The van der Waals surface area contributed by atoms with E-state index < -0.39 is 0 Å². The minimum Gasteiger partial charge on any atom is -0.271 e. The lowest BCUT2D eigenvalue weighted by Gasteiger charge is -2.35. The van der Waals surface area contributed by atoms with Gasteiger partial charge in [-0.25, -0.2) is 10.4 Å². The first-order chi connectivity index (χ1) is 21.9. The number of imide groups is 2. The van der Waals surface area contributed by atoms with E-state index in [1.165, 1.54) is 0 Å². The molecule has 2 heterocycles. The van der Waals surface area contributed by atoms with Crippen molar-refractivity contribution in [2.24, 2.45) is 0 Å². The summed E-state index contributed by atoms with van der Waals surface area (Å²) < 4.78 is 0. The highest BCUT2D eigenvalue weighted by atomic mass is 16.2. The summed E-state index contributed by atoms with van der Waals surface area (Å²) in [5.74, 6) is -1.17. The number of fused-ring (bicyclic) bond motifs is 2. The van der Waals surface area contributed by atoms with Gasteiger partial charge in [0.2, 0.25) is 0 Å². The summed E-state index contributed by atoms with van der Waals surface area (Å²) in [6.45, 7) is 4.38. The number of carbonyl (C=O) groups is 4. The van der Waals surface area contributed by atoms with Crippen LogP contribution in [0.2, 0.25) is 0 Å². The molecule has 230 valence electrons. The first-order valence-electron chi connectivity index (χ1n) is 16.6. The Kier molecular flexibility index (Phi) is 7.52. The molecule has 0 aromatic heterocycles. The van der Waals surface area contributed by atoms with Crippen LogP contribution in [0.1, 0.15) is 119 Å². The van der Waals surface area contributed by atoms with Crippen LogP contribution in [-0.2, 0) is 0 Å². The fourth-order valence-electron chi connectivity index (χ4n) is 7.84. The number of nitrogens with one attached hydrogen (secondary N) is 1. The van der Waals surface area contributed by atoms with Crippen molar-refractivity contribution in [1.82, 2.24) is 15.3 Å². The molecule has 7 heteroatoms. The number of amides is 4. The van der Waals surface area contributed by atoms with Crippen LogP contribution in [0.3, 0.4) is 0 Å². The van der Waals surface area contributed by atoms with E-state index in [0.717, 1.165) is 102 Å². The average Bonchev–Trinajstić information content (AvgIpc) is 3.05. The largest absolute Gasteiger partial charge is 0.275 e. The molecule has 1 N–H and O–H groups in total. The number of hydrazine groups is 1. The van der Waals surface area contributed by atoms with Crippen LogP contribution in [0.4, 0.5) is 0 Å². The molecule has 5 aromatic carbocycles. The monoisotopic (exact) mass is 601 g/mol. The SMILES string of the molecule is CCCCCCC(CCCCCC)N1C(=O)c2ccc3c4ccc5c6c(ccc(c7ccc(c2c37)C1=O)c64)C(=O)N(NC)C5=O. The maximum Gasteiger partial charge on any atom is 0.275 e. The molecular weight excluding hydrogens is 562 g/mol. The van der Waals surface area contributed by atoms with Crippen LogP contribution in [0.25, 0.3) is 43.1 Å². The van der Waals surface area contributed by atoms with Gasteiger partial charge in [0, 0.05) is 35.0 Å². The normalized spacial score (nSPS) is 14.9. The van der Waals surface area contributed by atoms with E-state index >= 15 is 0 Å². The predicted octanol–water partition coefficient (Wildman–Crippen LogP) is 8.37. The van der Waals surface area contributed by atoms with E-state index in [1.807, 2.05) is 36.4 Å². The molecule has 0 fully saturated rings. The van der Waals surface area contributed by atoms with Gasteiger partial charge in [-0.15, -0.1) is 0 Å². The molecule has 0 saturated carbocycles. The number of carbonyl (C=O) groups excluding carboxylic acids is 4. The van der Waals surface area contributed by atoms with E-state index in [4.69, 9.17) is 0 Å². The van der Waals surface area contributed by atoms with Gasteiger partial charge in [0.25, 0.3) is 23.6 Å². The second kappa shape index (κ2) is 11.5. The highest BCUT2D eigenvalue weighted by Crippen LogP contribution is 2.46. The minimum absolute atomic E-state index is 0.113. The van der Waals surface area contributed by atoms with E-state index in [1.54, 1.807) is 24.1 Å². The fraction of sp³-hybridized carbons (Fsp3) is 0.368. The molecule has 7 nitrogen and oxygen atoms in total. The van der Waals surface area contributed by atoms with Crippen LogP contribution >= 0.6 is 0 Å². The van der Waals surface area contributed by atoms with Crippen LogP contribution < -0.4 is 5.43 Å². The number of rotatable bonds is 12. The zero-order valence-electron chi connectivity index (χ0n) is 26.3. The first-order valence-corrected chi connectivity index (χ1v) is 16.6. The maximum absolute atomic E-state index is 14.3. The summed E-state index contributed by atoms with van der Waals surface area (Å²) in [6, 6.07) is 15.0. The third-order valence-corrected chi connectivity index (χ3v) is 10.0. The zero-order chi connectivity index (χ0) is 31.4. The lowest BCUT2D eigenvalue weighted by atomic mass is 9.82. The molecule has 4 amide bonds. The number of hydrogen-bond donors (Lipinski definition) is 1. The molecule has 0 unspecified atom stereocenters. The number of benzene rings is 5. The van der Waals surface area contributed by atoms with Crippen molar-refractivity contribution >= 4 is 66.7 Å².